The molecule has 0 heterocycles. The lowest BCUT2D eigenvalue weighted by molar-refractivity contribution is -0.124. The average molecular weight is 283 g/mol. The Balaban J connectivity index is 1.81. The van der Waals surface area contributed by atoms with Crippen molar-refractivity contribution in [1.29, 1.82) is 0 Å². The van der Waals surface area contributed by atoms with Crippen LogP contribution in [0.2, 0.25) is 0 Å². The molecule has 0 radical (unpaired) electrons. The van der Waals surface area contributed by atoms with E-state index in [1.54, 1.807) is 0 Å². The van der Waals surface area contributed by atoms with Gasteiger partial charge in [0.2, 0.25) is 0 Å². The summed E-state index contributed by atoms with van der Waals surface area (Å²) in [4.78, 5) is 23.1. The smallest absolute Gasteiger partial charge is 0.338 e. The normalized spacial score (nSPS) is 15.6. The maximum atomic E-state index is 12.9. The number of rotatable bonds is 5. The van der Waals surface area contributed by atoms with E-state index >= 15 is 0 Å². The molecule has 20 heavy (non-hydrogen) atoms. The van der Waals surface area contributed by atoms with Gasteiger partial charge in [0, 0.05) is 6.04 Å². The highest BCUT2D eigenvalue weighted by Gasteiger charge is 2.29. The second-order valence-corrected chi connectivity index (χ2v) is 4.90. The summed E-state index contributed by atoms with van der Waals surface area (Å²) in [6, 6.07) is 2.74. The molecule has 1 aliphatic rings. The maximum absolute atomic E-state index is 12.9. The molecule has 6 heteroatoms. The zero-order valence-corrected chi connectivity index (χ0v) is 11.0. The van der Waals surface area contributed by atoms with E-state index in [4.69, 9.17) is 4.74 Å². The van der Waals surface area contributed by atoms with E-state index in [1.165, 1.54) is 0 Å². The van der Waals surface area contributed by atoms with Gasteiger partial charge in [0.1, 0.15) is 0 Å². The number of amides is 1. The van der Waals surface area contributed by atoms with Gasteiger partial charge in [0.05, 0.1) is 5.56 Å². The van der Waals surface area contributed by atoms with Crippen LogP contribution in [0.5, 0.6) is 0 Å². The molecule has 0 unspecified atom stereocenters. The molecule has 1 aromatic rings. The quantitative estimate of drug-likeness (QED) is 0.841. The lowest BCUT2D eigenvalue weighted by atomic mass is 10.2. The third-order valence-corrected chi connectivity index (χ3v) is 3.21. The Morgan fingerprint density at radius 2 is 2.05 bits per heavy atom. The van der Waals surface area contributed by atoms with Gasteiger partial charge in [-0.25, -0.2) is 13.6 Å². The summed E-state index contributed by atoms with van der Waals surface area (Å²) in [5.41, 5.74) is -0.132. The predicted octanol–water partition coefficient (Wildman–Crippen LogP) is 2.04. The minimum atomic E-state index is -1.13. The van der Waals surface area contributed by atoms with Crippen LogP contribution in [0, 0.1) is 17.6 Å². The van der Waals surface area contributed by atoms with Crippen molar-refractivity contribution in [3.63, 3.8) is 0 Å². The number of carbonyl (C=O) groups excluding carboxylic acids is 2. The molecule has 1 saturated carbocycles. The van der Waals surface area contributed by atoms with Crippen LogP contribution in [0.4, 0.5) is 8.78 Å². The summed E-state index contributed by atoms with van der Waals surface area (Å²) in [5, 5.41) is 2.72. The van der Waals surface area contributed by atoms with Crippen LogP contribution in [-0.2, 0) is 9.53 Å². The number of hydrogen-bond acceptors (Lipinski definition) is 3. The molecule has 0 aromatic heterocycles. The molecule has 2 rings (SSSR count). The Labute approximate surface area is 115 Å². The minimum absolute atomic E-state index is 0.0597. The third kappa shape index (κ3) is 3.76. The summed E-state index contributed by atoms with van der Waals surface area (Å²) < 4.78 is 30.4. The summed E-state index contributed by atoms with van der Waals surface area (Å²) >= 11 is 0. The molecule has 0 spiro atoms. The molecule has 4 nitrogen and oxygen atoms in total. The Hall–Kier alpha value is -1.98. The van der Waals surface area contributed by atoms with Crippen molar-refractivity contribution in [2.45, 2.75) is 25.8 Å². The van der Waals surface area contributed by atoms with E-state index in [2.05, 4.69) is 5.32 Å². The van der Waals surface area contributed by atoms with Crippen molar-refractivity contribution in [3.05, 3.63) is 35.4 Å². The van der Waals surface area contributed by atoms with Crippen molar-refractivity contribution in [3.8, 4) is 0 Å². The monoisotopic (exact) mass is 283 g/mol. The highest BCUT2D eigenvalue weighted by Crippen LogP contribution is 2.32. The summed E-state index contributed by atoms with van der Waals surface area (Å²) in [5.74, 6) is -2.94. The molecule has 1 fully saturated rings. The van der Waals surface area contributed by atoms with Crippen molar-refractivity contribution in [1.82, 2.24) is 5.32 Å². The van der Waals surface area contributed by atoms with E-state index in [-0.39, 0.29) is 11.6 Å². The van der Waals surface area contributed by atoms with Gasteiger partial charge in [-0.05, 0) is 43.9 Å². The maximum Gasteiger partial charge on any atom is 0.338 e. The summed E-state index contributed by atoms with van der Waals surface area (Å²) in [6.07, 6.45) is 2.19. The van der Waals surface area contributed by atoms with Gasteiger partial charge < -0.3 is 10.1 Å². The zero-order valence-electron chi connectivity index (χ0n) is 11.0. The number of benzene rings is 1. The Morgan fingerprint density at radius 1 is 1.35 bits per heavy atom. The fourth-order valence-electron chi connectivity index (χ4n) is 1.85. The second-order valence-electron chi connectivity index (χ2n) is 4.90. The van der Waals surface area contributed by atoms with Crippen LogP contribution in [0.1, 0.15) is 30.1 Å². The lowest BCUT2D eigenvalue weighted by Gasteiger charge is -2.12. The van der Waals surface area contributed by atoms with E-state index < -0.39 is 30.1 Å². The lowest BCUT2D eigenvalue weighted by Crippen LogP contribution is -2.37. The highest BCUT2D eigenvalue weighted by molar-refractivity contribution is 5.91. The van der Waals surface area contributed by atoms with Crippen molar-refractivity contribution >= 4 is 11.9 Å². The van der Waals surface area contributed by atoms with E-state index in [0.717, 1.165) is 31.0 Å². The molecule has 0 saturated heterocycles. The largest absolute Gasteiger partial charge is 0.452 e. The topological polar surface area (TPSA) is 55.4 Å². The SMILES string of the molecule is C[C@@H](NC(=O)COC(=O)c1ccc(F)c(F)c1)C1CC1. The second kappa shape index (κ2) is 5.98. The molecular formula is C14H15F2NO3. The van der Waals surface area contributed by atoms with Gasteiger partial charge in [0.25, 0.3) is 5.91 Å². The van der Waals surface area contributed by atoms with E-state index in [9.17, 15) is 18.4 Å². The van der Waals surface area contributed by atoms with Crippen LogP contribution >= 0.6 is 0 Å². The van der Waals surface area contributed by atoms with Gasteiger partial charge in [-0.1, -0.05) is 0 Å². The first kappa shape index (κ1) is 14.4. The third-order valence-electron chi connectivity index (χ3n) is 3.21. The van der Waals surface area contributed by atoms with Crippen LogP contribution in [0.25, 0.3) is 0 Å². The van der Waals surface area contributed by atoms with E-state index in [1.807, 2.05) is 6.92 Å². The molecule has 0 bridgehead atoms. The number of nitrogens with one attached hydrogen (secondary N) is 1. The first-order valence-electron chi connectivity index (χ1n) is 6.39. The van der Waals surface area contributed by atoms with Crippen molar-refractivity contribution in [2.75, 3.05) is 6.61 Å². The Kier molecular flexibility index (Phi) is 4.32. The fraction of sp³-hybridized carbons (Fsp3) is 0.429. The van der Waals surface area contributed by atoms with Crippen molar-refractivity contribution in [2.24, 2.45) is 5.92 Å². The fourth-order valence-corrected chi connectivity index (χ4v) is 1.85. The van der Waals surface area contributed by atoms with Gasteiger partial charge in [-0.3, -0.25) is 4.79 Å². The first-order chi connectivity index (χ1) is 9.47. The molecule has 1 atom stereocenters. The van der Waals surface area contributed by atoms with Crippen molar-refractivity contribution < 1.29 is 23.1 Å². The van der Waals surface area contributed by atoms with Crippen LogP contribution in [0.15, 0.2) is 18.2 Å². The average Bonchev–Trinajstić information content (AvgIpc) is 3.23. The molecule has 1 aromatic carbocycles. The predicted molar refractivity (Wildman–Crippen MR) is 67.0 cm³/mol. The van der Waals surface area contributed by atoms with E-state index in [0.29, 0.717) is 5.92 Å². The molecule has 1 aliphatic carbocycles. The number of halogens is 2. The zero-order chi connectivity index (χ0) is 14.7. The standard InChI is InChI=1S/C14H15F2NO3/c1-8(9-2-3-9)17-13(18)7-20-14(19)10-4-5-11(15)12(16)6-10/h4-6,8-9H,2-3,7H2,1H3,(H,17,18)/t8-/m1/s1. The Morgan fingerprint density at radius 3 is 2.65 bits per heavy atom. The molecule has 108 valence electrons. The number of esters is 1. The van der Waals surface area contributed by atoms with Crippen LogP contribution in [0.3, 0.4) is 0 Å². The number of ether oxygens (including phenoxy) is 1. The first-order valence-corrected chi connectivity index (χ1v) is 6.39. The highest BCUT2D eigenvalue weighted by atomic mass is 19.2. The number of carbonyl (C=O) groups is 2. The van der Waals surface area contributed by atoms with Gasteiger partial charge in [0.15, 0.2) is 18.2 Å². The molecule has 0 aliphatic heterocycles. The van der Waals surface area contributed by atoms with Gasteiger partial charge >= 0.3 is 5.97 Å². The molecule has 1 N–H and O–H groups in total. The summed E-state index contributed by atoms with van der Waals surface area (Å²) in [7, 11) is 0. The van der Waals surface area contributed by atoms with Crippen LogP contribution in [-0.4, -0.2) is 24.5 Å². The van der Waals surface area contributed by atoms with Crippen LogP contribution < -0.4 is 5.32 Å². The van der Waals surface area contributed by atoms with Gasteiger partial charge in [-0.2, -0.15) is 0 Å². The molecular weight excluding hydrogens is 268 g/mol. The number of hydrogen-bond donors (Lipinski definition) is 1. The minimum Gasteiger partial charge on any atom is -0.452 e. The Bertz CT molecular complexity index is 529. The summed E-state index contributed by atoms with van der Waals surface area (Å²) in [6.45, 7) is 1.46. The van der Waals surface area contributed by atoms with Gasteiger partial charge in [-0.15, -0.1) is 0 Å². The molecule has 1 amide bonds.